The number of sulfonamides is 3. The number of nitrogens with zero attached hydrogens (tertiary/aromatic N) is 2. The maximum atomic E-state index is 12.6. The van der Waals surface area contributed by atoms with Crippen LogP contribution in [0, 0.1) is 0 Å². The standard InChI is InChI=1S/C10H14Cl2N2O6S3/c1-21(15,16)14(22(2,17)18)13(8-7-11)23(19,20)10-5-3-9(12)4-6-10/h3-6H,7-8H2,1-2H3. The van der Waals surface area contributed by atoms with Crippen LogP contribution in [0.4, 0.5) is 0 Å². The average molecular weight is 425 g/mol. The Kier molecular flexibility index (Phi) is 6.47. The van der Waals surface area contributed by atoms with E-state index in [9.17, 15) is 25.3 Å². The van der Waals surface area contributed by atoms with E-state index in [4.69, 9.17) is 23.2 Å². The second-order valence-electron chi connectivity index (χ2n) is 4.40. The fourth-order valence-corrected chi connectivity index (χ4v) is 7.33. The number of alkyl halides is 1. The van der Waals surface area contributed by atoms with Crippen LogP contribution in [0.1, 0.15) is 0 Å². The van der Waals surface area contributed by atoms with Gasteiger partial charge in [0.1, 0.15) is 0 Å². The summed E-state index contributed by atoms with van der Waals surface area (Å²) in [6.07, 6.45) is 1.15. The molecule has 0 bridgehead atoms. The molecule has 0 aliphatic carbocycles. The molecule has 0 saturated heterocycles. The third-order valence-corrected chi connectivity index (χ3v) is 7.96. The van der Waals surface area contributed by atoms with Gasteiger partial charge in [-0.05, 0) is 28.1 Å². The fourth-order valence-electron chi connectivity index (χ4n) is 1.67. The van der Waals surface area contributed by atoms with Crippen molar-refractivity contribution in [3.63, 3.8) is 0 Å². The summed E-state index contributed by atoms with van der Waals surface area (Å²) in [6, 6.07) is 4.81. The minimum absolute atomic E-state index is 0.188. The Bertz CT molecular complexity index is 834. The van der Waals surface area contributed by atoms with Gasteiger partial charge in [-0.25, -0.2) is 25.3 Å². The normalized spacial score (nSPS) is 13.7. The van der Waals surface area contributed by atoms with Crippen LogP contribution in [-0.2, 0) is 30.1 Å². The molecular formula is C10H14Cl2N2O6S3. The Morgan fingerprint density at radius 2 is 1.35 bits per heavy atom. The van der Waals surface area contributed by atoms with E-state index in [1.54, 1.807) is 0 Å². The molecule has 0 saturated carbocycles. The average Bonchev–Trinajstić information content (AvgIpc) is 2.35. The van der Waals surface area contributed by atoms with Crippen molar-refractivity contribution in [3.05, 3.63) is 29.3 Å². The molecule has 23 heavy (non-hydrogen) atoms. The molecule has 1 aromatic carbocycles. The highest BCUT2D eigenvalue weighted by Gasteiger charge is 2.41. The Morgan fingerprint density at radius 1 is 0.913 bits per heavy atom. The van der Waals surface area contributed by atoms with Gasteiger partial charge < -0.3 is 0 Å². The van der Waals surface area contributed by atoms with E-state index in [0.717, 1.165) is 12.1 Å². The molecule has 1 aromatic rings. The molecule has 0 aliphatic rings. The van der Waals surface area contributed by atoms with E-state index in [1.165, 1.54) is 12.1 Å². The van der Waals surface area contributed by atoms with Crippen molar-refractivity contribution in [3.8, 4) is 0 Å². The molecule has 0 heterocycles. The van der Waals surface area contributed by atoms with Crippen molar-refractivity contribution in [2.75, 3.05) is 24.9 Å². The van der Waals surface area contributed by atoms with E-state index in [1.807, 2.05) is 0 Å². The Balaban J connectivity index is 3.59. The molecular weight excluding hydrogens is 411 g/mol. The molecule has 0 atom stereocenters. The molecule has 132 valence electrons. The first-order valence-electron chi connectivity index (χ1n) is 5.86. The molecule has 0 aliphatic heterocycles. The molecule has 0 amide bonds. The second-order valence-corrected chi connectivity index (χ2v) is 10.9. The number of hydrogen-bond acceptors (Lipinski definition) is 6. The quantitative estimate of drug-likeness (QED) is 0.470. The molecule has 0 unspecified atom stereocenters. The van der Waals surface area contributed by atoms with Crippen molar-refractivity contribution in [1.29, 1.82) is 0 Å². The monoisotopic (exact) mass is 424 g/mol. The minimum atomic E-state index is -4.49. The lowest BCUT2D eigenvalue weighted by Crippen LogP contribution is -2.52. The van der Waals surface area contributed by atoms with Crippen LogP contribution in [0.15, 0.2) is 29.2 Å². The minimum Gasteiger partial charge on any atom is -0.210 e. The first-order chi connectivity index (χ1) is 10.3. The van der Waals surface area contributed by atoms with Crippen LogP contribution in [0.25, 0.3) is 0 Å². The van der Waals surface area contributed by atoms with Gasteiger partial charge in [0.05, 0.1) is 17.4 Å². The highest BCUT2D eigenvalue weighted by molar-refractivity contribution is 8.04. The summed E-state index contributed by atoms with van der Waals surface area (Å²) in [5, 5.41) is 0.260. The molecule has 0 N–H and O–H groups in total. The summed E-state index contributed by atoms with van der Waals surface area (Å²) in [5.74, 6) is -0.325. The van der Waals surface area contributed by atoms with E-state index in [-0.39, 0.29) is 24.0 Å². The van der Waals surface area contributed by atoms with Gasteiger partial charge >= 0.3 is 0 Å². The van der Waals surface area contributed by atoms with Crippen molar-refractivity contribution < 1.29 is 25.3 Å². The third kappa shape index (κ3) is 5.02. The van der Waals surface area contributed by atoms with Gasteiger partial charge in [-0.2, -0.15) is 0 Å². The topological polar surface area (TPSA) is 109 Å². The molecule has 1 rings (SSSR count). The van der Waals surface area contributed by atoms with Gasteiger partial charge in [0, 0.05) is 17.4 Å². The summed E-state index contributed by atoms with van der Waals surface area (Å²) in [6.45, 7) is -0.563. The molecule has 0 radical (unpaired) electrons. The number of rotatable bonds is 7. The lowest BCUT2D eigenvalue weighted by atomic mass is 10.4. The Hall–Kier alpha value is -0.430. The number of benzene rings is 1. The zero-order chi connectivity index (χ0) is 18.1. The molecule has 0 spiro atoms. The third-order valence-electron chi connectivity index (χ3n) is 2.41. The number of hydrazine groups is 1. The van der Waals surface area contributed by atoms with Crippen molar-refractivity contribution in [1.82, 2.24) is 8.23 Å². The maximum Gasteiger partial charge on any atom is 0.257 e. The number of halogens is 2. The first-order valence-corrected chi connectivity index (χ1v) is 11.9. The molecule has 8 nitrogen and oxygen atoms in total. The highest BCUT2D eigenvalue weighted by atomic mass is 35.5. The molecule has 13 heteroatoms. The Morgan fingerprint density at radius 3 is 1.70 bits per heavy atom. The zero-order valence-electron chi connectivity index (χ0n) is 12.0. The largest absolute Gasteiger partial charge is 0.257 e. The van der Waals surface area contributed by atoms with Gasteiger partial charge in [0.15, 0.2) is 0 Å². The van der Waals surface area contributed by atoms with Crippen molar-refractivity contribution in [2.45, 2.75) is 4.90 Å². The van der Waals surface area contributed by atoms with Crippen molar-refractivity contribution >= 4 is 53.3 Å². The van der Waals surface area contributed by atoms with Gasteiger partial charge in [-0.15, -0.1) is 16.0 Å². The van der Waals surface area contributed by atoms with Crippen LogP contribution < -0.4 is 0 Å². The second kappa shape index (κ2) is 7.21. The Labute approximate surface area is 145 Å². The lowest BCUT2D eigenvalue weighted by Gasteiger charge is -2.29. The highest BCUT2D eigenvalue weighted by Crippen LogP contribution is 2.23. The van der Waals surface area contributed by atoms with E-state index < -0.39 is 36.6 Å². The molecule has 0 aromatic heterocycles. The van der Waals surface area contributed by atoms with Gasteiger partial charge in [-0.1, -0.05) is 11.6 Å². The lowest BCUT2D eigenvalue weighted by molar-refractivity contribution is 0.267. The van der Waals surface area contributed by atoms with E-state index in [0.29, 0.717) is 12.5 Å². The summed E-state index contributed by atoms with van der Waals surface area (Å²) in [5.41, 5.74) is 0. The van der Waals surface area contributed by atoms with Gasteiger partial charge in [-0.3, -0.25) is 0 Å². The fraction of sp³-hybridized carbons (Fsp3) is 0.400. The van der Waals surface area contributed by atoms with Crippen molar-refractivity contribution in [2.24, 2.45) is 0 Å². The zero-order valence-corrected chi connectivity index (χ0v) is 16.0. The van der Waals surface area contributed by atoms with Crippen LogP contribution in [-0.4, -0.2) is 58.4 Å². The summed E-state index contributed by atoms with van der Waals surface area (Å²) in [4.78, 5) is -0.329. The summed E-state index contributed by atoms with van der Waals surface area (Å²) in [7, 11) is -13.4. The van der Waals surface area contributed by atoms with Gasteiger partial charge in [0.2, 0.25) is 20.0 Å². The van der Waals surface area contributed by atoms with Crippen LogP contribution in [0.5, 0.6) is 0 Å². The summed E-state index contributed by atoms with van der Waals surface area (Å²) >= 11 is 11.2. The van der Waals surface area contributed by atoms with E-state index in [2.05, 4.69) is 0 Å². The first kappa shape index (κ1) is 20.6. The maximum absolute atomic E-state index is 12.6. The van der Waals surface area contributed by atoms with Crippen LogP contribution in [0.3, 0.4) is 0 Å². The molecule has 0 fully saturated rings. The summed E-state index contributed by atoms with van der Waals surface area (Å²) < 4.78 is 72.5. The predicted molar refractivity (Wildman–Crippen MR) is 87.6 cm³/mol. The predicted octanol–water partition coefficient (Wildman–Crippen LogP) is 0.706. The van der Waals surface area contributed by atoms with E-state index >= 15 is 0 Å². The SMILES string of the molecule is CS(=O)(=O)N(N(CCCl)S(=O)(=O)c1ccc(Cl)cc1)S(C)(=O)=O. The number of hydrogen-bond donors (Lipinski definition) is 0. The van der Waals surface area contributed by atoms with Crippen LogP contribution >= 0.6 is 23.2 Å². The smallest absolute Gasteiger partial charge is 0.210 e. The van der Waals surface area contributed by atoms with Crippen LogP contribution in [0.2, 0.25) is 5.02 Å². The van der Waals surface area contributed by atoms with Gasteiger partial charge in [0.25, 0.3) is 10.0 Å².